The summed E-state index contributed by atoms with van der Waals surface area (Å²) in [7, 11) is 0. The molecule has 0 unspecified atom stereocenters. The van der Waals surface area contributed by atoms with Crippen molar-refractivity contribution in [1.82, 2.24) is 0 Å². The molecular formula is C11H18O2. The summed E-state index contributed by atoms with van der Waals surface area (Å²) in [5.74, 6) is -0.206. The third-order valence-corrected chi connectivity index (χ3v) is 2.36. The van der Waals surface area contributed by atoms with E-state index in [1.807, 2.05) is 0 Å². The maximum atomic E-state index is 5.57. The largest absolute Gasteiger partial charge is 0.343 e. The Balaban J connectivity index is 2.45. The summed E-state index contributed by atoms with van der Waals surface area (Å²) in [5, 5.41) is 0. The molecule has 1 saturated heterocycles. The van der Waals surface area contributed by atoms with Gasteiger partial charge in [-0.25, -0.2) is 0 Å². The van der Waals surface area contributed by atoms with Crippen LogP contribution in [0.2, 0.25) is 0 Å². The topological polar surface area (TPSA) is 18.5 Å². The van der Waals surface area contributed by atoms with E-state index in [9.17, 15) is 0 Å². The molecule has 1 aliphatic rings. The van der Waals surface area contributed by atoms with Crippen molar-refractivity contribution in [2.45, 2.75) is 25.6 Å². The number of hydrogen-bond donors (Lipinski definition) is 0. The fraction of sp³-hybridized carbons (Fsp3) is 0.636. The van der Waals surface area contributed by atoms with E-state index >= 15 is 0 Å². The van der Waals surface area contributed by atoms with Crippen LogP contribution in [-0.2, 0) is 9.47 Å². The van der Waals surface area contributed by atoms with Crippen LogP contribution >= 0.6 is 0 Å². The molecule has 0 amide bonds. The van der Waals surface area contributed by atoms with Crippen LogP contribution in [-0.4, -0.2) is 19.0 Å². The van der Waals surface area contributed by atoms with Gasteiger partial charge in [0.1, 0.15) is 0 Å². The summed E-state index contributed by atoms with van der Waals surface area (Å²) >= 11 is 0. The SMILES string of the molecule is C=CC1(C=C)OCC(CCC)CO1. The molecule has 74 valence electrons. The third kappa shape index (κ3) is 2.42. The standard InChI is InChI=1S/C11H18O2/c1-4-7-10-8-12-11(5-2,6-3)13-9-10/h5-6,10H,2-4,7-9H2,1H3. The maximum Gasteiger partial charge on any atom is 0.207 e. The Morgan fingerprint density at radius 2 is 1.85 bits per heavy atom. The quantitative estimate of drug-likeness (QED) is 0.622. The zero-order valence-electron chi connectivity index (χ0n) is 8.29. The molecule has 0 aromatic heterocycles. The average Bonchev–Trinajstić information content (AvgIpc) is 2.20. The molecular weight excluding hydrogens is 164 g/mol. The summed E-state index contributed by atoms with van der Waals surface area (Å²) in [6, 6.07) is 0. The zero-order valence-corrected chi connectivity index (χ0v) is 8.29. The first-order valence-corrected chi connectivity index (χ1v) is 4.81. The minimum atomic E-state index is -0.732. The molecule has 0 radical (unpaired) electrons. The van der Waals surface area contributed by atoms with Crippen LogP contribution in [0.15, 0.2) is 25.3 Å². The average molecular weight is 182 g/mol. The van der Waals surface area contributed by atoms with Crippen molar-refractivity contribution >= 4 is 0 Å². The third-order valence-electron chi connectivity index (χ3n) is 2.36. The van der Waals surface area contributed by atoms with Crippen LogP contribution in [0.1, 0.15) is 19.8 Å². The van der Waals surface area contributed by atoms with Crippen molar-refractivity contribution in [3.8, 4) is 0 Å². The van der Waals surface area contributed by atoms with Gasteiger partial charge in [-0.1, -0.05) is 26.5 Å². The first-order chi connectivity index (χ1) is 6.26. The van der Waals surface area contributed by atoms with Gasteiger partial charge in [-0.2, -0.15) is 0 Å². The van der Waals surface area contributed by atoms with Gasteiger partial charge in [0, 0.05) is 5.92 Å². The molecule has 0 aliphatic carbocycles. The molecule has 1 fully saturated rings. The van der Waals surface area contributed by atoms with Crippen molar-refractivity contribution in [1.29, 1.82) is 0 Å². The first kappa shape index (κ1) is 10.5. The van der Waals surface area contributed by atoms with E-state index in [0.717, 1.165) is 19.6 Å². The Labute approximate surface area is 80.2 Å². The molecule has 0 aromatic carbocycles. The molecule has 2 nitrogen and oxygen atoms in total. The lowest BCUT2D eigenvalue weighted by atomic mass is 10.0. The number of rotatable bonds is 4. The van der Waals surface area contributed by atoms with E-state index in [1.165, 1.54) is 6.42 Å². The molecule has 1 aliphatic heterocycles. The molecule has 0 aromatic rings. The minimum Gasteiger partial charge on any atom is -0.343 e. The van der Waals surface area contributed by atoms with Crippen molar-refractivity contribution in [3.63, 3.8) is 0 Å². The van der Waals surface area contributed by atoms with Gasteiger partial charge in [0.05, 0.1) is 13.2 Å². The lowest BCUT2D eigenvalue weighted by molar-refractivity contribution is -0.226. The number of hydrogen-bond acceptors (Lipinski definition) is 2. The maximum absolute atomic E-state index is 5.57. The smallest absolute Gasteiger partial charge is 0.207 e. The Morgan fingerprint density at radius 3 is 2.23 bits per heavy atom. The minimum absolute atomic E-state index is 0.526. The van der Waals surface area contributed by atoms with Gasteiger partial charge in [-0.3, -0.25) is 0 Å². The second-order valence-electron chi connectivity index (χ2n) is 3.41. The van der Waals surface area contributed by atoms with E-state index < -0.39 is 5.79 Å². The summed E-state index contributed by atoms with van der Waals surface area (Å²) in [4.78, 5) is 0. The summed E-state index contributed by atoms with van der Waals surface area (Å²) in [5.41, 5.74) is 0. The summed E-state index contributed by atoms with van der Waals surface area (Å²) in [6.07, 6.45) is 5.64. The van der Waals surface area contributed by atoms with Crippen LogP contribution in [0.3, 0.4) is 0 Å². The molecule has 0 spiro atoms. The van der Waals surface area contributed by atoms with Gasteiger partial charge in [0.25, 0.3) is 0 Å². The predicted molar refractivity (Wildman–Crippen MR) is 53.4 cm³/mol. The highest BCUT2D eigenvalue weighted by Crippen LogP contribution is 2.25. The Bertz CT molecular complexity index is 169. The van der Waals surface area contributed by atoms with E-state index in [4.69, 9.17) is 9.47 Å². The van der Waals surface area contributed by atoms with Gasteiger partial charge in [-0.05, 0) is 18.6 Å². The van der Waals surface area contributed by atoms with Crippen LogP contribution in [0.5, 0.6) is 0 Å². The number of ether oxygens (including phenoxy) is 2. The van der Waals surface area contributed by atoms with E-state index in [0.29, 0.717) is 5.92 Å². The normalized spacial score (nSPS) is 22.5. The van der Waals surface area contributed by atoms with Crippen molar-refractivity contribution < 1.29 is 9.47 Å². The molecule has 13 heavy (non-hydrogen) atoms. The lowest BCUT2D eigenvalue weighted by Crippen LogP contribution is -2.40. The van der Waals surface area contributed by atoms with E-state index in [1.54, 1.807) is 12.2 Å². The highest BCUT2D eigenvalue weighted by atomic mass is 16.7. The predicted octanol–water partition coefficient (Wildman–Crippen LogP) is 2.52. The van der Waals surface area contributed by atoms with Gasteiger partial charge < -0.3 is 9.47 Å². The summed E-state index contributed by atoms with van der Waals surface area (Å²) in [6.45, 7) is 11.0. The van der Waals surface area contributed by atoms with Gasteiger partial charge >= 0.3 is 0 Å². The van der Waals surface area contributed by atoms with Crippen molar-refractivity contribution in [2.24, 2.45) is 5.92 Å². The zero-order chi connectivity index (χ0) is 9.73. The monoisotopic (exact) mass is 182 g/mol. The fourth-order valence-electron chi connectivity index (χ4n) is 1.48. The van der Waals surface area contributed by atoms with Crippen LogP contribution in [0, 0.1) is 5.92 Å². The fourth-order valence-corrected chi connectivity index (χ4v) is 1.48. The molecule has 0 atom stereocenters. The molecule has 1 heterocycles. The Morgan fingerprint density at radius 1 is 1.31 bits per heavy atom. The van der Waals surface area contributed by atoms with Crippen LogP contribution in [0.25, 0.3) is 0 Å². The van der Waals surface area contributed by atoms with E-state index in [-0.39, 0.29) is 0 Å². The van der Waals surface area contributed by atoms with Crippen LogP contribution < -0.4 is 0 Å². The second-order valence-corrected chi connectivity index (χ2v) is 3.41. The van der Waals surface area contributed by atoms with Crippen molar-refractivity contribution in [3.05, 3.63) is 25.3 Å². The highest BCUT2D eigenvalue weighted by Gasteiger charge is 2.31. The highest BCUT2D eigenvalue weighted by molar-refractivity contribution is 5.04. The lowest BCUT2D eigenvalue weighted by Gasteiger charge is -2.35. The molecule has 0 bridgehead atoms. The van der Waals surface area contributed by atoms with Gasteiger partial charge in [-0.15, -0.1) is 0 Å². The Kier molecular flexibility index (Phi) is 3.70. The van der Waals surface area contributed by atoms with E-state index in [2.05, 4.69) is 20.1 Å². The Hall–Kier alpha value is -0.600. The molecule has 0 saturated carbocycles. The second kappa shape index (κ2) is 4.58. The molecule has 2 heteroatoms. The van der Waals surface area contributed by atoms with Gasteiger partial charge in [0.15, 0.2) is 0 Å². The first-order valence-electron chi connectivity index (χ1n) is 4.81. The molecule has 1 rings (SSSR count). The van der Waals surface area contributed by atoms with Crippen molar-refractivity contribution in [2.75, 3.05) is 13.2 Å². The summed E-state index contributed by atoms with van der Waals surface area (Å²) < 4.78 is 11.1. The van der Waals surface area contributed by atoms with Gasteiger partial charge in [0.2, 0.25) is 5.79 Å². The van der Waals surface area contributed by atoms with Crippen LogP contribution in [0.4, 0.5) is 0 Å². The molecule has 0 N–H and O–H groups in total.